The smallest absolute Gasteiger partial charge is 0.250 e. The molecule has 0 radical (unpaired) electrons. The van der Waals surface area contributed by atoms with Gasteiger partial charge in [0.05, 0.1) is 42.5 Å². The number of carbonyl (C=O) groups is 3. The number of ether oxygens (including phenoxy) is 2. The second-order valence-electron chi connectivity index (χ2n) is 9.35. The van der Waals surface area contributed by atoms with Crippen LogP contribution in [0.2, 0.25) is 5.02 Å². The minimum Gasteiger partial charge on any atom is -0.497 e. The maximum Gasteiger partial charge on any atom is 0.250 e. The molecule has 34 heavy (non-hydrogen) atoms. The molecule has 3 saturated heterocycles. The molecule has 2 aromatic rings. The molecule has 3 fully saturated rings. The molecular formula is C25H24ClN3O5. The number of halogens is 1. The molecule has 4 atom stereocenters. The number of hydrogen-bond acceptors (Lipinski definition) is 6. The highest BCUT2D eigenvalue weighted by atomic mass is 35.5. The lowest BCUT2D eigenvalue weighted by atomic mass is 9.75. The van der Waals surface area contributed by atoms with Crippen molar-refractivity contribution in [3.8, 4) is 11.5 Å². The highest BCUT2D eigenvalue weighted by molar-refractivity contribution is 6.35. The molecule has 0 bridgehead atoms. The lowest BCUT2D eigenvalue weighted by molar-refractivity contribution is -0.135. The third-order valence-corrected chi connectivity index (χ3v) is 8.12. The van der Waals surface area contributed by atoms with E-state index in [-0.39, 0.29) is 17.9 Å². The first-order chi connectivity index (χ1) is 16.3. The van der Waals surface area contributed by atoms with Crippen molar-refractivity contribution >= 4 is 40.7 Å². The summed E-state index contributed by atoms with van der Waals surface area (Å²) in [5.41, 5.74) is 1.15. The lowest BCUT2D eigenvalue weighted by Gasteiger charge is -2.37. The fraction of sp³-hybridized carbons (Fsp3) is 0.400. The van der Waals surface area contributed by atoms with Crippen LogP contribution in [-0.2, 0) is 19.9 Å². The number of amides is 3. The summed E-state index contributed by atoms with van der Waals surface area (Å²) in [6.45, 7) is 2.55. The Morgan fingerprint density at radius 1 is 1.09 bits per heavy atom. The topological polar surface area (TPSA) is 88.2 Å². The van der Waals surface area contributed by atoms with E-state index in [1.807, 2.05) is 13.0 Å². The summed E-state index contributed by atoms with van der Waals surface area (Å²) in [6.07, 6.45) is 1.59. The third kappa shape index (κ3) is 2.45. The first-order valence-corrected chi connectivity index (χ1v) is 11.7. The van der Waals surface area contributed by atoms with Crippen LogP contribution in [-0.4, -0.2) is 49.4 Å². The second kappa shape index (κ2) is 7.20. The molecule has 1 spiro atoms. The van der Waals surface area contributed by atoms with E-state index in [1.165, 1.54) is 19.1 Å². The van der Waals surface area contributed by atoms with Crippen LogP contribution < -0.4 is 19.7 Å². The Labute approximate surface area is 201 Å². The normalized spacial score (nSPS) is 29.5. The van der Waals surface area contributed by atoms with E-state index in [1.54, 1.807) is 24.3 Å². The van der Waals surface area contributed by atoms with Gasteiger partial charge in [0, 0.05) is 17.7 Å². The zero-order valence-corrected chi connectivity index (χ0v) is 19.8. The van der Waals surface area contributed by atoms with Gasteiger partial charge in [0.1, 0.15) is 17.0 Å². The molecule has 6 rings (SSSR count). The molecule has 8 nitrogen and oxygen atoms in total. The fourth-order valence-electron chi connectivity index (χ4n) is 6.60. The van der Waals surface area contributed by atoms with Gasteiger partial charge in [-0.15, -0.1) is 0 Å². The Kier molecular flexibility index (Phi) is 4.54. The molecule has 4 aliphatic rings. The third-order valence-electron chi connectivity index (χ3n) is 7.82. The van der Waals surface area contributed by atoms with Gasteiger partial charge in [0.2, 0.25) is 11.8 Å². The molecule has 0 saturated carbocycles. The maximum absolute atomic E-state index is 14.2. The number of nitrogens with zero attached hydrogens (tertiary/aromatic N) is 2. The van der Waals surface area contributed by atoms with Crippen molar-refractivity contribution < 1.29 is 23.9 Å². The number of imide groups is 1. The van der Waals surface area contributed by atoms with Crippen LogP contribution in [0.3, 0.4) is 0 Å². The molecule has 2 aromatic carbocycles. The van der Waals surface area contributed by atoms with Gasteiger partial charge in [-0.2, -0.15) is 0 Å². The Morgan fingerprint density at radius 2 is 1.88 bits per heavy atom. The Morgan fingerprint density at radius 3 is 2.62 bits per heavy atom. The van der Waals surface area contributed by atoms with Crippen molar-refractivity contribution in [3.05, 3.63) is 46.5 Å². The highest BCUT2D eigenvalue weighted by Gasteiger charge is 2.75. The van der Waals surface area contributed by atoms with Crippen molar-refractivity contribution in [2.75, 3.05) is 31.0 Å². The van der Waals surface area contributed by atoms with Gasteiger partial charge in [0.25, 0.3) is 5.91 Å². The number of rotatable bonds is 3. The number of nitrogens with one attached hydrogen (secondary N) is 1. The number of benzene rings is 2. The molecular weight excluding hydrogens is 458 g/mol. The van der Waals surface area contributed by atoms with E-state index >= 15 is 0 Å². The van der Waals surface area contributed by atoms with Crippen molar-refractivity contribution in [2.45, 2.75) is 31.3 Å². The van der Waals surface area contributed by atoms with E-state index in [0.29, 0.717) is 40.0 Å². The first-order valence-electron chi connectivity index (χ1n) is 11.3. The minimum absolute atomic E-state index is 0.209. The Balaban J connectivity index is 1.57. The molecule has 9 heteroatoms. The van der Waals surface area contributed by atoms with Crippen molar-refractivity contribution in [3.63, 3.8) is 0 Å². The van der Waals surface area contributed by atoms with Gasteiger partial charge >= 0.3 is 0 Å². The highest BCUT2D eigenvalue weighted by Crippen LogP contribution is 2.61. The molecule has 3 amide bonds. The monoisotopic (exact) mass is 481 g/mol. The fourth-order valence-corrected chi connectivity index (χ4v) is 6.93. The van der Waals surface area contributed by atoms with Crippen molar-refractivity contribution in [1.82, 2.24) is 4.90 Å². The van der Waals surface area contributed by atoms with Gasteiger partial charge in [-0.3, -0.25) is 19.3 Å². The van der Waals surface area contributed by atoms with Gasteiger partial charge in [-0.25, -0.2) is 4.90 Å². The number of aryl methyl sites for hydroxylation is 1. The average molecular weight is 482 g/mol. The van der Waals surface area contributed by atoms with E-state index in [4.69, 9.17) is 21.1 Å². The molecule has 0 aliphatic carbocycles. The summed E-state index contributed by atoms with van der Waals surface area (Å²) in [5.74, 6) is -1.63. The molecule has 4 unspecified atom stereocenters. The maximum atomic E-state index is 14.2. The predicted octanol–water partition coefficient (Wildman–Crippen LogP) is 3.10. The largest absolute Gasteiger partial charge is 0.497 e. The Hall–Kier alpha value is -3.10. The van der Waals surface area contributed by atoms with Gasteiger partial charge in [-0.05, 0) is 50.1 Å². The standard InChI is InChI=1S/C25H24ClN3O5/c1-12-9-14-21(15(26)10-12)27-24(32)25(14)20-19(16-5-4-8-28(16)25)22(30)29(23(20)31)17-11-13(33-2)6-7-18(17)34-3/h6-7,9-11,16,19-20H,4-5,8H2,1-3H3,(H,27,32). The van der Waals surface area contributed by atoms with E-state index in [2.05, 4.69) is 10.2 Å². The predicted molar refractivity (Wildman–Crippen MR) is 125 cm³/mol. The van der Waals surface area contributed by atoms with E-state index < -0.39 is 23.3 Å². The van der Waals surface area contributed by atoms with E-state index in [0.717, 1.165) is 18.4 Å². The molecule has 4 heterocycles. The first kappa shape index (κ1) is 21.4. The number of carbonyl (C=O) groups excluding carboxylic acids is 3. The zero-order valence-electron chi connectivity index (χ0n) is 19.1. The molecule has 4 aliphatic heterocycles. The van der Waals surface area contributed by atoms with Crippen LogP contribution in [0, 0.1) is 18.8 Å². The summed E-state index contributed by atoms with van der Waals surface area (Å²) in [5, 5.41) is 3.38. The number of hydrogen-bond donors (Lipinski definition) is 1. The van der Waals surface area contributed by atoms with Gasteiger partial charge in [0.15, 0.2) is 0 Å². The van der Waals surface area contributed by atoms with Crippen LogP contribution >= 0.6 is 11.6 Å². The van der Waals surface area contributed by atoms with Gasteiger partial charge in [-0.1, -0.05) is 17.7 Å². The van der Waals surface area contributed by atoms with Crippen molar-refractivity contribution in [1.29, 1.82) is 0 Å². The number of anilines is 2. The van der Waals surface area contributed by atoms with Crippen molar-refractivity contribution in [2.24, 2.45) is 11.8 Å². The lowest BCUT2D eigenvalue weighted by Crippen LogP contribution is -2.54. The zero-order chi connectivity index (χ0) is 23.9. The summed E-state index contributed by atoms with van der Waals surface area (Å²) >= 11 is 6.52. The summed E-state index contributed by atoms with van der Waals surface area (Å²) in [4.78, 5) is 45.1. The average Bonchev–Trinajstić information content (AvgIpc) is 3.52. The summed E-state index contributed by atoms with van der Waals surface area (Å²) in [6, 6.07) is 8.50. The van der Waals surface area contributed by atoms with Gasteiger partial charge < -0.3 is 14.8 Å². The van der Waals surface area contributed by atoms with Crippen LogP contribution in [0.5, 0.6) is 11.5 Å². The van der Waals surface area contributed by atoms with Crippen LogP contribution in [0.25, 0.3) is 0 Å². The van der Waals surface area contributed by atoms with E-state index in [9.17, 15) is 14.4 Å². The quantitative estimate of drug-likeness (QED) is 0.678. The molecule has 176 valence electrons. The SMILES string of the molecule is COc1ccc(OC)c(N2C(=O)C3C4CCCN4C4(C(=O)Nc5c(Cl)cc(C)cc54)C3C2=O)c1. The molecule has 1 N–H and O–H groups in total. The number of fused-ring (bicyclic) bond motifs is 7. The second-order valence-corrected chi connectivity index (χ2v) is 9.75. The molecule has 0 aromatic heterocycles. The minimum atomic E-state index is -1.27. The van der Waals surface area contributed by atoms with Crippen LogP contribution in [0.4, 0.5) is 11.4 Å². The van der Waals surface area contributed by atoms with Crippen LogP contribution in [0.1, 0.15) is 24.0 Å². The number of methoxy groups -OCH3 is 2. The summed E-state index contributed by atoms with van der Waals surface area (Å²) < 4.78 is 10.8. The van der Waals surface area contributed by atoms with Crippen LogP contribution in [0.15, 0.2) is 30.3 Å². The Bertz CT molecular complexity index is 1280. The summed E-state index contributed by atoms with van der Waals surface area (Å²) in [7, 11) is 3.01.